The molecule has 0 bridgehead atoms. The average Bonchev–Trinajstić information content (AvgIpc) is 2.91. The van der Waals surface area contributed by atoms with Crippen LogP contribution in [0.3, 0.4) is 0 Å². The van der Waals surface area contributed by atoms with Gasteiger partial charge in [0.25, 0.3) is 5.69 Å². The van der Waals surface area contributed by atoms with Crippen molar-refractivity contribution in [3.05, 3.63) is 58.1 Å². The number of hydrogen-bond acceptors (Lipinski definition) is 9. The molecule has 2 fully saturated rings. The molecule has 3 aliphatic heterocycles. The maximum atomic E-state index is 14.0. The maximum absolute atomic E-state index is 14.0. The van der Waals surface area contributed by atoms with Crippen LogP contribution >= 0.6 is 0 Å². The predicted octanol–water partition coefficient (Wildman–Crippen LogP) is 1.57. The molecular formula is C25H27N5O7. The highest BCUT2D eigenvalue weighted by atomic mass is 16.6. The van der Waals surface area contributed by atoms with Gasteiger partial charge in [-0.25, -0.2) is 4.79 Å². The monoisotopic (exact) mass is 509 g/mol. The maximum Gasteiger partial charge on any atom is 0.330 e. The van der Waals surface area contributed by atoms with Crippen molar-refractivity contribution >= 4 is 34.9 Å². The summed E-state index contributed by atoms with van der Waals surface area (Å²) in [6, 6.07) is 10.6. The molecule has 2 aromatic rings. The Kier molecular flexibility index (Phi) is 6.20. The molecule has 194 valence electrons. The van der Waals surface area contributed by atoms with E-state index in [2.05, 4.69) is 10.2 Å². The number of nitrogens with zero attached hydrogens (tertiary/aromatic N) is 4. The lowest BCUT2D eigenvalue weighted by atomic mass is 9.67. The minimum absolute atomic E-state index is 0.0209. The van der Waals surface area contributed by atoms with E-state index in [0.717, 1.165) is 16.3 Å². The van der Waals surface area contributed by atoms with Gasteiger partial charge in [0, 0.05) is 56.7 Å². The van der Waals surface area contributed by atoms with Gasteiger partial charge in [-0.2, -0.15) is 0 Å². The van der Waals surface area contributed by atoms with Crippen LogP contribution in [0, 0.1) is 15.5 Å². The van der Waals surface area contributed by atoms with Gasteiger partial charge < -0.3 is 19.3 Å². The fourth-order valence-electron chi connectivity index (χ4n) is 5.59. The Morgan fingerprint density at radius 3 is 2.54 bits per heavy atom. The molecule has 0 saturated carbocycles. The number of carbonyl (C=O) groups is 3. The first kappa shape index (κ1) is 24.5. The van der Waals surface area contributed by atoms with Crippen LogP contribution in [-0.2, 0) is 20.7 Å². The third-order valence-corrected chi connectivity index (χ3v) is 7.46. The molecule has 12 nitrogen and oxygen atoms in total. The lowest BCUT2D eigenvalue weighted by molar-refractivity contribution is -0.384. The van der Waals surface area contributed by atoms with Gasteiger partial charge in [0.15, 0.2) is 5.41 Å². The van der Waals surface area contributed by atoms with Gasteiger partial charge in [-0.1, -0.05) is 0 Å². The lowest BCUT2D eigenvalue weighted by Gasteiger charge is -2.55. The van der Waals surface area contributed by atoms with Crippen molar-refractivity contribution in [1.82, 2.24) is 10.2 Å². The number of barbiturate groups is 1. The lowest BCUT2D eigenvalue weighted by Crippen LogP contribution is -2.75. The van der Waals surface area contributed by atoms with Crippen molar-refractivity contribution in [2.45, 2.75) is 12.5 Å². The quantitative estimate of drug-likeness (QED) is 0.350. The van der Waals surface area contributed by atoms with Crippen LogP contribution in [0.4, 0.5) is 21.9 Å². The van der Waals surface area contributed by atoms with E-state index in [1.807, 2.05) is 29.2 Å². The first-order valence-corrected chi connectivity index (χ1v) is 11.9. The number of benzene rings is 2. The molecule has 37 heavy (non-hydrogen) atoms. The summed E-state index contributed by atoms with van der Waals surface area (Å²) in [7, 11) is 3.05. The number of carbonyl (C=O) groups excluding carboxylic acids is 3. The summed E-state index contributed by atoms with van der Waals surface area (Å²) in [5.41, 5.74) is 0.389. The Labute approximate surface area is 212 Å². The number of fused-ring (bicyclic) bond motifs is 4. The number of hydrogen-bond donors (Lipinski definition) is 1. The first-order valence-electron chi connectivity index (χ1n) is 11.9. The number of nitro benzene ring substituents is 1. The molecule has 2 saturated heterocycles. The summed E-state index contributed by atoms with van der Waals surface area (Å²) < 4.78 is 10.3. The number of nitro groups is 1. The van der Waals surface area contributed by atoms with Gasteiger partial charge in [-0.3, -0.25) is 29.9 Å². The minimum atomic E-state index is -1.66. The molecule has 2 aromatic carbocycles. The molecular weight excluding hydrogens is 482 g/mol. The zero-order valence-corrected chi connectivity index (χ0v) is 20.5. The Balaban J connectivity index is 1.60. The Morgan fingerprint density at radius 2 is 1.86 bits per heavy atom. The highest BCUT2D eigenvalue weighted by Crippen LogP contribution is 2.47. The number of imide groups is 2. The van der Waals surface area contributed by atoms with Gasteiger partial charge in [-0.05, 0) is 35.9 Å². The number of nitrogens with one attached hydrogen (secondary N) is 1. The van der Waals surface area contributed by atoms with Crippen molar-refractivity contribution in [2.24, 2.45) is 5.41 Å². The molecule has 1 spiro atoms. The third kappa shape index (κ3) is 3.93. The standard InChI is InChI=1S/C25H27N5O7/c1-36-12-11-29-23(32)25(22(31)26-24(29)33)14-16-13-18(30(34)35)5-8-20(16)28-10-9-27(15-21(25)28)17-3-6-19(37-2)7-4-17/h3-8,13,21H,9-12,14-15H2,1-2H3,(H,26,31,33)/t21-,25+/m1/s1. The van der Waals surface area contributed by atoms with E-state index in [1.165, 1.54) is 19.2 Å². The average molecular weight is 510 g/mol. The molecule has 0 unspecified atom stereocenters. The van der Waals surface area contributed by atoms with E-state index >= 15 is 0 Å². The highest BCUT2D eigenvalue weighted by Gasteiger charge is 2.63. The van der Waals surface area contributed by atoms with Crippen LogP contribution in [0.1, 0.15) is 5.56 Å². The summed E-state index contributed by atoms with van der Waals surface area (Å²) in [4.78, 5) is 56.3. The van der Waals surface area contributed by atoms with Crippen molar-refractivity contribution in [2.75, 3.05) is 56.8 Å². The molecule has 12 heteroatoms. The van der Waals surface area contributed by atoms with Gasteiger partial charge in [0.05, 0.1) is 31.2 Å². The van der Waals surface area contributed by atoms with Crippen LogP contribution in [0.2, 0.25) is 0 Å². The number of methoxy groups -OCH3 is 2. The van der Waals surface area contributed by atoms with Crippen LogP contribution < -0.4 is 19.9 Å². The fourth-order valence-corrected chi connectivity index (χ4v) is 5.59. The van der Waals surface area contributed by atoms with Gasteiger partial charge >= 0.3 is 6.03 Å². The molecule has 3 aliphatic rings. The number of piperazine rings is 1. The number of rotatable bonds is 6. The molecule has 4 amide bonds. The van der Waals surface area contributed by atoms with Crippen molar-refractivity contribution in [1.29, 1.82) is 0 Å². The number of anilines is 2. The van der Waals surface area contributed by atoms with Crippen LogP contribution in [0.25, 0.3) is 0 Å². The van der Waals surface area contributed by atoms with Gasteiger partial charge in [0.2, 0.25) is 11.8 Å². The van der Waals surface area contributed by atoms with Crippen LogP contribution in [0.5, 0.6) is 5.75 Å². The first-order chi connectivity index (χ1) is 17.8. The zero-order valence-electron chi connectivity index (χ0n) is 20.5. The molecule has 0 aliphatic carbocycles. The minimum Gasteiger partial charge on any atom is -0.497 e. The fraction of sp³-hybridized carbons (Fsp3) is 0.400. The summed E-state index contributed by atoms with van der Waals surface area (Å²) in [5.74, 6) is -0.608. The SMILES string of the molecule is COCCN1C(=O)NC(=O)[C@@]2(Cc3cc([N+](=O)[O-])ccc3N3CCN(c4ccc(OC)cc4)C[C@@H]32)C1=O. The zero-order chi connectivity index (χ0) is 26.3. The molecule has 0 aromatic heterocycles. The van der Waals surface area contributed by atoms with Crippen molar-refractivity contribution in [3.8, 4) is 5.75 Å². The van der Waals surface area contributed by atoms with E-state index in [0.29, 0.717) is 30.9 Å². The van der Waals surface area contributed by atoms with Crippen LogP contribution in [-0.4, -0.2) is 80.7 Å². The van der Waals surface area contributed by atoms with E-state index in [9.17, 15) is 24.5 Å². The largest absolute Gasteiger partial charge is 0.497 e. The normalized spacial score (nSPS) is 23.0. The number of amides is 4. The molecule has 3 heterocycles. The number of ether oxygens (including phenoxy) is 2. The second kappa shape index (κ2) is 9.36. The summed E-state index contributed by atoms with van der Waals surface area (Å²) in [6.45, 7) is 1.48. The van der Waals surface area contributed by atoms with Gasteiger partial charge in [-0.15, -0.1) is 0 Å². The molecule has 1 N–H and O–H groups in total. The Hall–Kier alpha value is -4.19. The second-order valence-corrected chi connectivity index (χ2v) is 9.28. The second-order valence-electron chi connectivity index (χ2n) is 9.28. The van der Waals surface area contributed by atoms with Crippen LogP contribution in [0.15, 0.2) is 42.5 Å². The molecule has 0 radical (unpaired) electrons. The van der Waals surface area contributed by atoms with E-state index < -0.39 is 34.2 Å². The van der Waals surface area contributed by atoms with E-state index in [1.54, 1.807) is 13.2 Å². The van der Waals surface area contributed by atoms with Crippen molar-refractivity contribution < 1.29 is 28.8 Å². The Morgan fingerprint density at radius 1 is 1.11 bits per heavy atom. The van der Waals surface area contributed by atoms with Gasteiger partial charge in [0.1, 0.15) is 5.75 Å². The van der Waals surface area contributed by atoms with Crippen molar-refractivity contribution in [3.63, 3.8) is 0 Å². The smallest absolute Gasteiger partial charge is 0.330 e. The summed E-state index contributed by atoms with van der Waals surface area (Å²) >= 11 is 0. The van der Waals surface area contributed by atoms with E-state index in [4.69, 9.17) is 9.47 Å². The predicted molar refractivity (Wildman–Crippen MR) is 133 cm³/mol. The summed E-state index contributed by atoms with van der Waals surface area (Å²) in [5, 5.41) is 13.9. The number of non-ortho nitro benzene ring substituents is 1. The van der Waals surface area contributed by atoms with E-state index in [-0.39, 0.29) is 25.3 Å². The topological polar surface area (TPSA) is 135 Å². The Bertz CT molecular complexity index is 1270. The molecule has 5 rings (SSSR count). The third-order valence-electron chi connectivity index (χ3n) is 7.46. The highest BCUT2D eigenvalue weighted by molar-refractivity contribution is 6.20. The molecule has 2 atom stereocenters. The summed E-state index contributed by atoms with van der Waals surface area (Å²) in [6.07, 6.45) is -0.0664. The number of urea groups is 1.